The quantitative estimate of drug-likeness (QED) is 0.750. The molecule has 98 valence electrons. The van der Waals surface area contributed by atoms with E-state index in [9.17, 15) is 9.59 Å². The van der Waals surface area contributed by atoms with Crippen LogP contribution in [-0.2, 0) is 9.59 Å². The predicted octanol–water partition coefficient (Wildman–Crippen LogP) is 2.69. The van der Waals surface area contributed by atoms with Crippen LogP contribution in [0.25, 0.3) is 0 Å². The third-order valence-electron chi connectivity index (χ3n) is 3.53. The molecular formula is C14H25NO2. The minimum atomic E-state index is -0.706. The fourth-order valence-corrected chi connectivity index (χ4v) is 2.45. The van der Waals surface area contributed by atoms with E-state index in [2.05, 4.69) is 12.2 Å². The summed E-state index contributed by atoms with van der Waals surface area (Å²) in [4.78, 5) is 24.0. The van der Waals surface area contributed by atoms with Crippen LogP contribution < -0.4 is 5.32 Å². The minimum absolute atomic E-state index is 0.0281. The van der Waals surface area contributed by atoms with Crippen molar-refractivity contribution in [1.29, 1.82) is 0 Å². The maximum absolute atomic E-state index is 12.2. The maximum Gasteiger partial charge on any atom is 0.234 e. The third-order valence-corrected chi connectivity index (χ3v) is 3.53. The Labute approximate surface area is 104 Å². The van der Waals surface area contributed by atoms with Crippen molar-refractivity contribution in [2.24, 2.45) is 11.3 Å². The van der Waals surface area contributed by atoms with E-state index in [0.29, 0.717) is 0 Å². The number of Topliss-reactive ketones (excluding diaryl/α,β-unsaturated/α-hetero) is 1. The second kappa shape index (κ2) is 4.79. The third kappa shape index (κ3) is 3.08. The van der Waals surface area contributed by atoms with Gasteiger partial charge in [-0.2, -0.15) is 0 Å². The molecule has 0 spiro atoms. The summed E-state index contributed by atoms with van der Waals surface area (Å²) in [6.45, 7) is 9.52. The number of unbranched alkanes of at least 4 members (excludes halogenated alkanes) is 1. The molecule has 1 saturated carbocycles. The van der Waals surface area contributed by atoms with Gasteiger partial charge in [-0.05, 0) is 46.5 Å². The van der Waals surface area contributed by atoms with E-state index < -0.39 is 5.41 Å². The van der Waals surface area contributed by atoms with E-state index in [4.69, 9.17) is 0 Å². The first-order valence-corrected chi connectivity index (χ1v) is 6.57. The first-order chi connectivity index (χ1) is 7.74. The summed E-state index contributed by atoms with van der Waals surface area (Å²) in [5.74, 6) is 0.223. The molecule has 1 N–H and O–H groups in total. The molecule has 0 saturated heterocycles. The zero-order valence-corrected chi connectivity index (χ0v) is 11.7. The van der Waals surface area contributed by atoms with E-state index in [1.165, 1.54) is 0 Å². The summed E-state index contributed by atoms with van der Waals surface area (Å²) in [5, 5.41) is 2.95. The van der Waals surface area contributed by atoms with Crippen LogP contribution >= 0.6 is 0 Å². The average molecular weight is 239 g/mol. The van der Waals surface area contributed by atoms with Crippen molar-refractivity contribution in [2.75, 3.05) is 0 Å². The average Bonchev–Trinajstić information content (AvgIpc) is 2.87. The lowest BCUT2D eigenvalue weighted by atomic mass is 9.94. The molecule has 1 rings (SSSR count). The van der Waals surface area contributed by atoms with Gasteiger partial charge in [0.25, 0.3) is 0 Å². The SMILES string of the molecule is CCCCC1CC1(C(C)=O)C(=O)NC(C)(C)C. The highest BCUT2D eigenvalue weighted by Gasteiger charge is 2.63. The molecule has 0 heterocycles. The molecule has 0 aliphatic heterocycles. The molecule has 1 fully saturated rings. The predicted molar refractivity (Wildman–Crippen MR) is 68.6 cm³/mol. The lowest BCUT2D eigenvalue weighted by Gasteiger charge is -2.24. The Hall–Kier alpha value is -0.860. The molecule has 1 amide bonds. The highest BCUT2D eigenvalue weighted by molar-refractivity contribution is 6.08. The van der Waals surface area contributed by atoms with Crippen molar-refractivity contribution in [3.63, 3.8) is 0 Å². The summed E-state index contributed by atoms with van der Waals surface area (Å²) >= 11 is 0. The monoisotopic (exact) mass is 239 g/mol. The molecule has 0 bridgehead atoms. The van der Waals surface area contributed by atoms with Crippen LogP contribution in [0, 0.1) is 11.3 Å². The van der Waals surface area contributed by atoms with Crippen LogP contribution in [0.15, 0.2) is 0 Å². The lowest BCUT2D eigenvalue weighted by molar-refractivity contribution is -0.136. The Morgan fingerprint density at radius 2 is 1.94 bits per heavy atom. The van der Waals surface area contributed by atoms with Crippen LogP contribution in [0.5, 0.6) is 0 Å². The maximum atomic E-state index is 12.2. The number of carbonyl (C=O) groups excluding carboxylic acids is 2. The molecule has 0 aromatic rings. The number of nitrogens with one attached hydrogen (secondary N) is 1. The lowest BCUT2D eigenvalue weighted by Crippen LogP contribution is -2.47. The van der Waals surface area contributed by atoms with Gasteiger partial charge >= 0.3 is 0 Å². The van der Waals surface area contributed by atoms with Crippen LogP contribution in [0.4, 0.5) is 0 Å². The Morgan fingerprint density at radius 3 is 2.35 bits per heavy atom. The van der Waals surface area contributed by atoms with E-state index >= 15 is 0 Å². The highest BCUT2D eigenvalue weighted by atomic mass is 16.2. The van der Waals surface area contributed by atoms with Crippen molar-refractivity contribution in [2.45, 2.75) is 65.8 Å². The number of ketones is 1. The Kier molecular flexibility index (Phi) is 4.00. The summed E-state index contributed by atoms with van der Waals surface area (Å²) in [5.41, 5.74) is -0.972. The van der Waals surface area contributed by atoms with E-state index in [1.54, 1.807) is 6.92 Å². The van der Waals surface area contributed by atoms with Crippen molar-refractivity contribution < 1.29 is 9.59 Å². The van der Waals surface area contributed by atoms with E-state index in [0.717, 1.165) is 25.7 Å². The Morgan fingerprint density at radius 1 is 1.35 bits per heavy atom. The first-order valence-electron chi connectivity index (χ1n) is 6.57. The number of rotatable bonds is 5. The second-order valence-electron chi connectivity index (χ2n) is 6.27. The largest absolute Gasteiger partial charge is 0.351 e. The van der Waals surface area contributed by atoms with Gasteiger partial charge in [-0.3, -0.25) is 9.59 Å². The highest BCUT2D eigenvalue weighted by Crippen LogP contribution is 2.56. The fourth-order valence-electron chi connectivity index (χ4n) is 2.45. The van der Waals surface area contributed by atoms with Gasteiger partial charge < -0.3 is 5.32 Å². The summed E-state index contributed by atoms with van der Waals surface area (Å²) < 4.78 is 0. The number of hydrogen-bond donors (Lipinski definition) is 1. The van der Waals surface area contributed by atoms with Gasteiger partial charge in [0.2, 0.25) is 5.91 Å². The van der Waals surface area contributed by atoms with Gasteiger partial charge in [0.15, 0.2) is 0 Å². The second-order valence-corrected chi connectivity index (χ2v) is 6.27. The number of amides is 1. The summed E-state index contributed by atoms with van der Waals surface area (Å²) in [7, 11) is 0. The molecule has 2 unspecified atom stereocenters. The minimum Gasteiger partial charge on any atom is -0.351 e. The normalized spacial score (nSPS) is 27.7. The number of carbonyl (C=O) groups is 2. The van der Waals surface area contributed by atoms with Gasteiger partial charge in [0, 0.05) is 5.54 Å². The molecule has 3 nitrogen and oxygen atoms in total. The first kappa shape index (κ1) is 14.2. The van der Waals surface area contributed by atoms with Crippen LogP contribution in [0.3, 0.4) is 0 Å². The Bertz CT molecular complexity index is 317. The topological polar surface area (TPSA) is 46.2 Å². The molecule has 1 aliphatic carbocycles. The Balaban J connectivity index is 2.70. The zero-order chi connectivity index (χ0) is 13.3. The van der Waals surface area contributed by atoms with E-state index in [-0.39, 0.29) is 23.1 Å². The fraction of sp³-hybridized carbons (Fsp3) is 0.857. The smallest absolute Gasteiger partial charge is 0.234 e. The molecule has 3 heteroatoms. The molecule has 0 aromatic carbocycles. The van der Waals surface area contributed by atoms with Crippen LogP contribution in [0.2, 0.25) is 0 Å². The summed E-state index contributed by atoms with van der Waals surface area (Å²) in [6, 6.07) is 0. The number of hydrogen-bond acceptors (Lipinski definition) is 2. The van der Waals surface area contributed by atoms with Crippen molar-refractivity contribution >= 4 is 11.7 Å². The van der Waals surface area contributed by atoms with E-state index in [1.807, 2.05) is 20.8 Å². The molecule has 1 aliphatic rings. The van der Waals surface area contributed by atoms with Crippen LogP contribution in [0.1, 0.15) is 60.3 Å². The van der Waals surface area contributed by atoms with Gasteiger partial charge in [-0.25, -0.2) is 0 Å². The molecule has 0 aromatic heterocycles. The molecular weight excluding hydrogens is 214 g/mol. The van der Waals surface area contributed by atoms with Crippen molar-refractivity contribution in [3.8, 4) is 0 Å². The molecule has 0 radical (unpaired) electrons. The van der Waals surface area contributed by atoms with Gasteiger partial charge in [-0.15, -0.1) is 0 Å². The van der Waals surface area contributed by atoms with Crippen molar-refractivity contribution in [1.82, 2.24) is 5.32 Å². The van der Waals surface area contributed by atoms with Crippen LogP contribution in [-0.4, -0.2) is 17.2 Å². The van der Waals surface area contributed by atoms with Gasteiger partial charge in [0.05, 0.1) is 0 Å². The zero-order valence-electron chi connectivity index (χ0n) is 11.7. The van der Waals surface area contributed by atoms with Gasteiger partial charge in [-0.1, -0.05) is 19.8 Å². The van der Waals surface area contributed by atoms with Gasteiger partial charge in [0.1, 0.15) is 11.2 Å². The standard InChI is InChI=1S/C14H25NO2/c1-6-7-8-11-9-14(11,10(2)16)12(17)15-13(3,4)5/h11H,6-9H2,1-5H3,(H,15,17). The van der Waals surface area contributed by atoms with Crippen molar-refractivity contribution in [3.05, 3.63) is 0 Å². The molecule has 17 heavy (non-hydrogen) atoms. The summed E-state index contributed by atoms with van der Waals surface area (Å²) in [6.07, 6.45) is 3.95. The molecule has 2 atom stereocenters.